The van der Waals surface area contributed by atoms with Crippen molar-refractivity contribution in [1.82, 2.24) is 20.2 Å². The second-order valence-electron chi connectivity index (χ2n) is 6.25. The van der Waals surface area contributed by atoms with E-state index in [2.05, 4.69) is 51.9 Å². The highest BCUT2D eigenvalue weighted by Crippen LogP contribution is 2.40. The van der Waals surface area contributed by atoms with E-state index in [0.29, 0.717) is 12.3 Å². The summed E-state index contributed by atoms with van der Waals surface area (Å²) in [6.07, 6.45) is 0.586. The molecule has 0 bridgehead atoms. The molecule has 5 heteroatoms. The lowest BCUT2D eigenvalue weighted by atomic mass is 9.77. The molecule has 27 heavy (non-hydrogen) atoms. The smallest absolute Gasteiger partial charge is 0.154 e. The van der Waals surface area contributed by atoms with Crippen LogP contribution in [0.1, 0.15) is 22.5 Å². The predicted octanol–water partition coefficient (Wildman–Crippen LogP) is 4.29. The molecule has 0 atom stereocenters. The average molecular weight is 375 g/mol. The number of halogens is 1. The molecule has 0 saturated carbocycles. The van der Waals surface area contributed by atoms with Gasteiger partial charge in [-0.1, -0.05) is 91.0 Å². The van der Waals surface area contributed by atoms with Gasteiger partial charge in [0, 0.05) is 12.3 Å². The Balaban J connectivity index is 2.12. The molecule has 3 aromatic carbocycles. The Morgan fingerprint density at radius 1 is 0.704 bits per heavy atom. The van der Waals surface area contributed by atoms with Crippen molar-refractivity contribution >= 4 is 11.6 Å². The van der Waals surface area contributed by atoms with E-state index in [4.69, 9.17) is 11.6 Å². The van der Waals surface area contributed by atoms with Gasteiger partial charge in [0.25, 0.3) is 0 Å². The van der Waals surface area contributed by atoms with Crippen molar-refractivity contribution in [1.29, 1.82) is 0 Å². The number of rotatable bonds is 6. The van der Waals surface area contributed by atoms with E-state index >= 15 is 0 Å². The minimum atomic E-state index is -0.686. The number of alkyl halides is 1. The molecule has 0 unspecified atom stereocenters. The van der Waals surface area contributed by atoms with Crippen LogP contribution in [0.2, 0.25) is 0 Å². The Morgan fingerprint density at radius 3 is 1.56 bits per heavy atom. The summed E-state index contributed by atoms with van der Waals surface area (Å²) >= 11 is 6.04. The van der Waals surface area contributed by atoms with Gasteiger partial charge in [0.05, 0.1) is 0 Å². The van der Waals surface area contributed by atoms with Crippen LogP contribution >= 0.6 is 11.6 Å². The summed E-state index contributed by atoms with van der Waals surface area (Å²) in [6.45, 7) is 0. The van der Waals surface area contributed by atoms with Gasteiger partial charge >= 0.3 is 0 Å². The Labute approximate surface area is 163 Å². The van der Waals surface area contributed by atoms with Gasteiger partial charge in [0.1, 0.15) is 5.54 Å². The van der Waals surface area contributed by atoms with Gasteiger partial charge < -0.3 is 0 Å². The number of hydrogen-bond donors (Lipinski definition) is 0. The van der Waals surface area contributed by atoms with Crippen LogP contribution in [-0.4, -0.2) is 26.1 Å². The van der Waals surface area contributed by atoms with Crippen molar-refractivity contribution in [3.63, 3.8) is 0 Å². The largest absolute Gasteiger partial charge is 0.210 e. The zero-order valence-corrected chi connectivity index (χ0v) is 15.5. The molecule has 0 radical (unpaired) electrons. The first-order valence-corrected chi connectivity index (χ1v) is 9.41. The van der Waals surface area contributed by atoms with Crippen molar-refractivity contribution in [2.24, 2.45) is 0 Å². The maximum Gasteiger partial charge on any atom is 0.154 e. The fourth-order valence-electron chi connectivity index (χ4n) is 3.61. The van der Waals surface area contributed by atoms with Gasteiger partial charge in [-0.25, -0.2) is 4.68 Å². The molecule has 0 aliphatic heterocycles. The lowest BCUT2D eigenvalue weighted by molar-refractivity contribution is 0.432. The van der Waals surface area contributed by atoms with Crippen LogP contribution in [-0.2, 0) is 12.0 Å². The first-order valence-electron chi connectivity index (χ1n) is 8.87. The number of aryl methyl sites for hydroxylation is 1. The molecule has 4 nitrogen and oxygen atoms in total. The highest BCUT2D eigenvalue weighted by Gasteiger charge is 2.41. The number of nitrogens with zero attached hydrogens (tertiary/aromatic N) is 4. The minimum absolute atomic E-state index is 0.453. The van der Waals surface area contributed by atoms with Gasteiger partial charge in [-0.2, -0.15) is 0 Å². The van der Waals surface area contributed by atoms with Crippen molar-refractivity contribution in [3.05, 3.63) is 114 Å². The summed E-state index contributed by atoms with van der Waals surface area (Å²) in [5, 5.41) is 12.7. The summed E-state index contributed by atoms with van der Waals surface area (Å²) in [5.74, 6) is 1.20. The maximum atomic E-state index is 6.04. The van der Waals surface area contributed by atoms with Crippen molar-refractivity contribution in [3.8, 4) is 0 Å². The van der Waals surface area contributed by atoms with E-state index in [1.54, 1.807) is 0 Å². The molecule has 0 N–H and O–H groups in total. The second kappa shape index (κ2) is 7.72. The lowest BCUT2D eigenvalue weighted by Gasteiger charge is -2.36. The summed E-state index contributed by atoms with van der Waals surface area (Å²) in [4.78, 5) is 0. The Bertz CT molecular complexity index is 888. The SMILES string of the molecule is ClCCc1nnnn1C(c1ccccc1)(c1ccccc1)c1ccccc1. The molecular formula is C22H19ClN4. The van der Waals surface area contributed by atoms with Crippen LogP contribution < -0.4 is 0 Å². The van der Waals surface area contributed by atoms with Crippen molar-refractivity contribution in [2.45, 2.75) is 12.0 Å². The first kappa shape index (κ1) is 17.4. The Morgan fingerprint density at radius 2 is 1.15 bits per heavy atom. The molecular weight excluding hydrogens is 356 g/mol. The third-order valence-electron chi connectivity index (χ3n) is 4.74. The second-order valence-corrected chi connectivity index (χ2v) is 6.63. The van der Waals surface area contributed by atoms with Crippen molar-refractivity contribution < 1.29 is 0 Å². The van der Waals surface area contributed by atoms with Gasteiger partial charge in [0.15, 0.2) is 5.82 Å². The molecule has 0 aliphatic carbocycles. The van der Waals surface area contributed by atoms with Gasteiger partial charge in [-0.05, 0) is 27.1 Å². The lowest BCUT2D eigenvalue weighted by Crippen LogP contribution is -2.40. The maximum absolute atomic E-state index is 6.04. The van der Waals surface area contributed by atoms with E-state index in [9.17, 15) is 0 Å². The molecule has 1 aromatic heterocycles. The summed E-state index contributed by atoms with van der Waals surface area (Å²) in [6, 6.07) is 31.0. The molecule has 1 heterocycles. The molecule has 134 valence electrons. The van der Waals surface area contributed by atoms with E-state index < -0.39 is 5.54 Å². The van der Waals surface area contributed by atoms with Crippen LogP contribution in [0.3, 0.4) is 0 Å². The molecule has 0 saturated heterocycles. The highest BCUT2D eigenvalue weighted by atomic mass is 35.5. The van der Waals surface area contributed by atoms with E-state index in [1.807, 2.05) is 59.3 Å². The van der Waals surface area contributed by atoms with Crippen LogP contribution in [0.5, 0.6) is 0 Å². The Hall–Kier alpha value is -2.98. The van der Waals surface area contributed by atoms with Gasteiger partial charge in [0.2, 0.25) is 0 Å². The summed E-state index contributed by atoms with van der Waals surface area (Å²) in [5.41, 5.74) is 2.58. The predicted molar refractivity (Wildman–Crippen MR) is 107 cm³/mol. The zero-order valence-electron chi connectivity index (χ0n) is 14.7. The average Bonchev–Trinajstić information content (AvgIpc) is 3.20. The van der Waals surface area contributed by atoms with E-state index in [-0.39, 0.29) is 0 Å². The van der Waals surface area contributed by atoms with E-state index in [1.165, 1.54) is 0 Å². The monoisotopic (exact) mass is 374 g/mol. The minimum Gasteiger partial charge on any atom is -0.210 e. The molecule has 0 fully saturated rings. The fraction of sp³-hybridized carbons (Fsp3) is 0.136. The molecule has 0 spiro atoms. The van der Waals surface area contributed by atoms with Gasteiger partial charge in [-0.3, -0.25) is 0 Å². The molecule has 0 aliphatic rings. The normalized spacial score (nSPS) is 11.4. The van der Waals surface area contributed by atoms with Crippen LogP contribution in [0.4, 0.5) is 0 Å². The first-order chi connectivity index (χ1) is 13.4. The number of aromatic nitrogens is 4. The number of hydrogen-bond acceptors (Lipinski definition) is 3. The highest BCUT2D eigenvalue weighted by molar-refractivity contribution is 6.17. The standard InChI is InChI=1S/C22H19ClN4/c23-17-16-21-24-25-26-27(21)22(18-10-4-1-5-11-18,19-12-6-2-7-13-19)20-14-8-3-9-15-20/h1-15H,16-17H2. The summed E-state index contributed by atoms with van der Waals surface area (Å²) in [7, 11) is 0. The van der Waals surface area contributed by atoms with Crippen LogP contribution in [0, 0.1) is 0 Å². The topological polar surface area (TPSA) is 43.6 Å². The Kier molecular flexibility index (Phi) is 4.99. The summed E-state index contributed by atoms with van der Waals surface area (Å²) < 4.78 is 1.91. The third-order valence-corrected chi connectivity index (χ3v) is 4.93. The zero-order chi connectivity index (χ0) is 18.5. The van der Waals surface area contributed by atoms with E-state index in [0.717, 1.165) is 22.5 Å². The third kappa shape index (κ3) is 3.02. The van der Waals surface area contributed by atoms with Gasteiger partial charge in [-0.15, -0.1) is 16.7 Å². The molecule has 4 aromatic rings. The van der Waals surface area contributed by atoms with Crippen molar-refractivity contribution in [2.75, 3.05) is 5.88 Å². The number of benzene rings is 3. The number of tetrazole rings is 1. The van der Waals surface area contributed by atoms with Crippen LogP contribution in [0.15, 0.2) is 91.0 Å². The quantitative estimate of drug-likeness (QED) is 0.373. The molecule has 0 amide bonds. The van der Waals surface area contributed by atoms with Crippen LogP contribution in [0.25, 0.3) is 0 Å². The fourth-order valence-corrected chi connectivity index (χ4v) is 3.78. The molecule has 4 rings (SSSR count).